The smallest absolute Gasteiger partial charge is 0.310 e. The first-order valence-electron chi connectivity index (χ1n) is 7.35. The molecule has 1 unspecified atom stereocenters. The van der Waals surface area contributed by atoms with Crippen LogP contribution in [-0.2, 0) is 11.2 Å². The minimum Gasteiger partial charge on any atom is -0.481 e. The number of aliphatic carboxylic acids is 1. The van der Waals surface area contributed by atoms with Crippen molar-refractivity contribution in [2.75, 3.05) is 0 Å². The van der Waals surface area contributed by atoms with Crippen LogP contribution in [0.4, 0.5) is 0 Å². The van der Waals surface area contributed by atoms with Crippen LogP contribution in [0.1, 0.15) is 64.1 Å². The second-order valence-corrected chi connectivity index (χ2v) is 5.87. The SMILES string of the molecule is CCC(C)n1ccc(CC2(C(=O)O)CCCCC2)n1. The van der Waals surface area contributed by atoms with E-state index in [1.807, 2.05) is 16.9 Å². The van der Waals surface area contributed by atoms with Crippen molar-refractivity contribution in [3.8, 4) is 0 Å². The summed E-state index contributed by atoms with van der Waals surface area (Å²) in [5.41, 5.74) is 0.344. The Balaban J connectivity index is 2.13. The number of carboxylic acids is 1. The Morgan fingerprint density at radius 3 is 2.74 bits per heavy atom. The van der Waals surface area contributed by atoms with E-state index < -0.39 is 11.4 Å². The molecule has 0 bridgehead atoms. The third-order valence-electron chi connectivity index (χ3n) is 4.49. The fourth-order valence-electron chi connectivity index (χ4n) is 2.95. The molecule has 1 aliphatic rings. The summed E-state index contributed by atoms with van der Waals surface area (Å²) in [6.45, 7) is 4.26. The van der Waals surface area contributed by atoms with E-state index in [0.29, 0.717) is 12.5 Å². The number of hydrogen-bond donors (Lipinski definition) is 1. The van der Waals surface area contributed by atoms with E-state index in [0.717, 1.165) is 44.2 Å². The van der Waals surface area contributed by atoms with Crippen molar-refractivity contribution in [3.63, 3.8) is 0 Å². The minimum absolute atomic E-state index is 0.376. The number of carboxylic acid groups (broad SMARTS) is 1. The Morgan fingerprint density at radius 2 is 2.16 bits per heavy atom. The molecule has 19 heavy (non-hydrogen) atoms. The zero-order valence-electron chi connectivity index (χ0n) is 11.9. The molecule has 0 aliphatic heterocycles. The predicted octanol–water partition coefficient (Wildman–Crippen LogP) is 3.43. The van der Waals surface area contributed by atoms with Gasteiger partial charge in [-0.1, -0.05) is 26.2 Å². The summed E-state index contributed by atoms with van der Waals surface area (Å²) in [6.07, 6.45) is 8.38. The molecule has 2 rings (SSSR count). The van der Waals surface area contributed by atoms with E-state index in [1.54, 1.807) is 0 Å². The Bertz CT molecular complexity index is 433. The Hall–Kier alpha value is -1.32. The molecule has 106 valence electrons. The van der Waals surface area contributed by atoms with Crippen molar-refractivity contribution in [2.45, 2.75) is 64.8 Å². The molecule has 0 amide bonds. The van der Waals surface area contributed by atoms with Gasteiger partial charge >= 0.3 is 5.97 Å². The second kappa shape index (κ2) is 5.76. The van der Waals surface area contributed by atoms with Crippen molar-refractivity contribution in [3.05, 3.63) is 18.0 Å². The van der Waals surface area contributed by atoms with E-state index in [2.05, 4.69) is 18.9 Å². The molecule has 1 fully saturated rings. The van der Waals surface area contributed by atoms with Crippen LogP contribution in [-0.4, -0.2) is 20.9 Å². The summed E-state index contributed by atoms with van der Waals surface area (Å²) in [5, 5.41) is 14.1. The van der Waals surface area contributed by atoms with Gasteiger partial charge in [-0.05, 0) is 32.3 Å². The van der Waals surface area contributed by atoms with Crippen molar-refractivity contribution in [2.24, 2.45) is 5.41 Å². The number of hydrogen-bond acceptors (Lipinski definition) is 2. The van der Waals surface area contributed by atoms with Gasteiger partial charge in [-0.2, -0.15) is 5.10 Å². The lowest BCUT2D eigenvalue weighted by molar-refractivity contribution is -0.151. The van der Waals surface area contributed by atoms with Crippen LogP contribution >= 0.6 is 0 Å². The highest BCUT2D eigenvalue weighted by Gasteiger charge is 2.40. The van der Waals surface area contributed by atoms with Crippen LogP contribution in [0.5, 0.6) is 0 Å². The lowest BCUT2D eigenvalue weighted by Crippen LogP contribution is -2.35. The second-order valence-electron chi connectivity index (χ2n) is 5.87. The van der Waals surface area contributed by atoms with Gasteiger partial charge in [0.15, 0.2) is 0 Å². The number of aromatic nitrogens is 2. The first-order valence-corrected chi connectivity index (χ1v) is 7.35. The van der Waals surface area contributed by atoms with Gasteiger partial charge in [-0.15, -0.1) is 0 Å². The normalized spacial score (nSPS) is 20.1. The van der Waals surface area contributed by atoms with Crippen LogP contribution in [0.15, 0.2) is 12.3 Å². The Kier molecular flexibility index (Phi) is 4.27. The molecular weight excluding hydrogens is 240 g/mol. The van der Waals surface area contributed by atoms with Crippen molar-refractivity contribution in [1.82, 2.24) is 9.78 Å². The highest BCUT2D eigenvalue weighted by molar-refractivity contribution is 5.75. The van der Waals surface area contributed by atoms with E-state index in [-0.39, 0.29) is 0 Å². The van der Waals surface area contributed by atoms with Crippen LogP contribution < -0.4 is 0 Å². The first-order chi connectivity index (χ1) is 9.07. The van der Waals surface area contributed by atoms with E-state index >= 15 is 0 Å². The summed E-state index contributed by atoms with van der Waals surface area (Å²) in [6, 6.07) is 2.35. The Morgan fingerprint density at radius 1 is 1.47 bits per heavy atom. The summed E-state index contributed by atoms with van der Waals surface area (Å²) in [7, 11) is 0. The average Bonchev–Trinajstić information content (AvgIpc) is 2.87. The van der Waals surface area contributed by atoms with Crippen LogP contribution in [0.2, 0.25) is 0 Å². The maximum Gasteiger partial charge on any atom is 0.310 e. The largest absolute Gasteiger partial charge is 0.481 e. The third-order valence-corrected chi connectivity index (χ3v) is 4.49. The van der Waals surface area contributed by atoms with E-state index in [1.165, 1.54) is 0 Å². The Labute approximate surface area is 114 Å². The molecule has 1 atom stereocenters. The summed E-state index contributed by atoms with van der Waals surface area (Å²) < 4.78 is 1.95. The third kappa shape index (κ3) is 2.99. The minimum atomic E-state index is -0.648. The summed E-state index contributed by atoms with van der Waals surface area (Å²) in [5.74, 6) is -0.648. The summed E-state index contributed by atoms with van der Waals surface area (Å²) in [4.78, 5) is 11.6. The molecule has 0 spiro atoms. The highest BCUT2D eigenvalue weighted by atomic mass is 16.4. The molecule has 0 saturated heterocycles. The monoisotopic (exact) mass is 264 g/mol. The molecule has 4 heteroatoms. The zero-order chi connectivity index (χ0) is 13.9. The van der Waals surface area contributed by atoms with Crippen molar-refractivity contribution < 1.29 is 9.90 Å². The lowest BCUT2D eigenvalue weighted by atomic mass is 9.71. The average molecular weight is 264 g/mol. The number of nitrogens with zero attached hydrogens (tertiary/aromatic N) is 2. The zero-order valence-corrected chi connectivity index (χ0v) is 11.9. The molecule has 0 aromatic carbocycles. The first kappa shape index (κ1) is 14.1. The van der Waals surface area contributed by atoms with Gasteiger partial charge in [-0.25, -0.2) is 0 Å². The van der Waals surface area contributed by atoms with Gasteiger partial charge in [-0.3, -0.25) is 9.48 Å². The maximum atomic E-state index is 11.6. The number of carbonyl (C=O) groups is 1. The van der Waals surface area contributed by atoms with Gasteiger partial charge in [0.25, 0.3) is 0 Å². The fraction of sp³-hybridized carbons (Fsp3) is 0.733. The number of rotatable bonds is 5. The van der Waals surface area contributed by atoms with Gasteiger partial charge in [0.05, 0.1) is 11.1 Å². The van der Waals surface area contributed by atoms with Gasteiger partial charge < -0.3 is 5.11 Å². The van der Waals surface area contributed by atoms with Crippen molar-refractivity contribution >= 4 is 5.97 Å². The molecule has 0 radical (unpaired) electrons. The standard InChI is InChI=1S/C15H24N2O2/c1-3-12(2)17-10-7-13(16-17)11-15(14(18)19)8-5-4-6-9-15/h7,10,12H,3-6,8-9,11H2,1-2H3,(H,18,19). The molecular formula is C15H24N2O2. The highest BCUT2D eigenvalue weighted by Crippen LogP contribution is 2.39. The molecule has 1 saturated carbocycles. The topological polar surface area (TPSA) is 55.1 Å². The molecule has 1 aromatic heterocycles. The van der Waals surface area contributed by atoms with Gasteiger partial charge in [0, 0.05) is 18.7 Å². The lowest BCUT2D eigenvalue weighted by Gasteiger charge is -2.32. The van der Waals surface area contributed by atoms with Gasteiger partial charge in [0.1, 0.15) is 0 Å². The van der Waals surface area contributed by atoms with E-state index in [9.17, 15) is 9.90 Å². The molecule has 1 aromatic rings. The van der Waals surface area contributed by atoms with Crippen LogP contribution in [0.3, 0.4) is 0 Å². The summed E-state index contributed by atoms with van der Waals surface area (Å²) >= 11 is 0. The van der Waals surface area contributed by atoms with Gasteiger partial charge in [0.2, 0.25) is 0 Å². The molecule has 1 heterocycles. The molecule has 4 nitrogen and oxygen atoms in total. The molecule has 1 aliphatic carbocycles. The predicted molar refractivity (Wildman–Crippen MR) is 74.1 cm³/mol. The maximum absolute atomic E-state index is 11.6. The molecule has 1 N–H and O–H groups in total. The van der Waals surface area contributed by atoms with E-state index in [4.69, 9.17) is 0 Å². The quantitative estimate of drug-likeness (QED) is 0.886. The fourth-order valence-corrected chi connectivity index (χ4v) is 2.95. The van der Waals surface area contributed by atoms with Crippen LogP contribution in [0, 0.1) is 5.41 Å². The van der Waals surface area contributed by atoms with Crippen LogP contribution in [0.25, 0.3) is 0 Å². The van der Waals surface area contributed by atoms with Crippen molar-refractivity contribution in [1.29, 1.82) is 0 Å².